The maximum Gasteiger partial charge on any atom is 0.262 e. The minimum Gasteiger partial charge on any atom is -0.384 e. The Kier molecular flexibility index (Phi) is 3.51. The third-order valence-electron chi connectivity index (χ3n) is 2.95. The molecule has 0 radical (unpaired) electrons. The maximum absolute atomic E-state index is 11.9. The molecule has 1 aromatic rings. The molecule has 1 amide bonds. The van der Waals surface area contributed by atoms with Gasteiger partial charge in [-0.3, -0.25) is 4.79 Å². The highest BCUT2D eigenvalue weighted by molar-refractivity contribution is 7.12. The molecule has 0 spiro atoms. The van der Waals surface area contributed by atoms with E-state index in [-0.39, 0.29) is 12.5 Å². The Hall–Kier alpha value is -1.31. The van der Waals surface area contributed by atoms with E-state index in [0.29, 0.717) is 15.9 Å². The van der Waals surface area contributed by atoms with Gasteiger partial charge in [0.1, 0.15) is 11.5 Å². The number of carbonyl (C=O) groups excluding carboxylic acids is 1. The van der Waals surface area contributed by atoms with E-state index < -0.39 is 0 Å². The minimum absolute atomic E-state index is 0.0598. The first kappa shape index (κ1) is 12.2. The summed E-state index contributed by atoms with van der Waals surface area (Å²) in [6.07, 6.45) is 2.38. The third-order valence-corrected chi connectivity index (χ3v) is 3.87. The molecule has 0 atom stereocenters. The van der Waals surface area contributed by atoms with Crippen molar-refractivity contribution in [1.82, 2.24) is 5.32 Å². The summed E-state index contributed by atoms with van der Waals surface area (Å²) < 4.78 is 0. The van der Waals surface area contributed by atoms with Crippen molar-refractivity contribution in [3.63, 3.8) is 0 Å². The van der Waals surface area contributed by atoms with E-state index >= 15 is 0 Å². The highest BCUT2D eigenvalue weighted by Crippen LogP contribution is 2.44. The molecule has 2 rings (SSSR count). The van der Waals surface area contributed by atoms with Gasteiger partial charge in [-0.05, 0) is 29.7 Å². The smallest absolute Gasteiger partial charge is 0.262 e. The van der Waals surface area contributed by atoms with E-state index in [2.05, 4.69) is 24.1 Å². The zero-order valence-corrected chi connectivity index (χ0v) is 10.6. The molecule has 2 N–H and O–H groups in total. The maximum atomic E-state index is 11.9. The van der Waals surface area contributed by atoms with Crippen LogP contribution in [0.5, 0.6) is 0 Å². The standard InChI is InChI=1S/C13H15NO2S/c1-13(5-6-13)9-14-12(16)11-10(3-2-7-15)4-8-17-11/h4,8,15H,5-7,9H2,1H3,(H,14,16). The lowest BCUT2D eigenvalue weighted by Gasteiger charge is -2.09. The van der Waals surface area contributed by atoms with Crippen LogP contribution in [0.2, 0.25) is 0 Å². The van der Waals surface area contributed by atoms with Gasteiger partial charge < -0.3 is 10.4 Å². The highest BCUT2D eigenvalue weighted by atomic mass is 32.1. The molecule has 0 saturated heterocycles. The van der Waals surface area contributed by atoms with Crippen LogP contribution in [0.3, 0.4) is 0 Å². The van der Waals surface area contributed by atoms with Gasteiger partial charge in [0.15, 0.2) is 0 Å². The lowest BCUT2D eigenvalue weighted by atomic mass is 10.1. The fourth-order valence-electron chi connectivity index (χ4n) is 1.48. The number of carbonyl (C=O) groups is 1. The number of hydrogen-bond donors (Lipinski definition) is 2. The summed E-state index contributed by atoms with van der Waals surface area (Å²) in [5.41, 5.74) is 1.01. The van der Waals surface area contributed by atoms with E-state index in [1.165, 1.54) is 24.2 Å². The number of thiophene rings is 1. The second-order valence-electron chi connectivity index (χ2n) is 4.62. The number of aliphatic hydroxyl groups excluding tert-OH is 1. The first-order valence-electron chi connectivity index (χ1n) is 5.60. The summed E-state index contributed by atoms with van der Waals surface area (Å²) in [6.45, 7) is 2.72. The van der Waals surface area contributed by atoms with Gasteiger partial charge in [0, 0.05) is 12.1 Å². The monoisotopic (exact) mass is 249 g/mol. The van der Waals surface area contributed by atoms with E-state index in [0.717, 1.165) is 6.54 Å². The molecule has 90 valence electrons. The average Bonchev–Trinajstić information content (AvgIpc) is 2.89. The minimum atomic E-state index is -0.186. The lowest BCUT2D eigenvalue weighted by Crippen LogP contribution is -2.28. The summed E-state index contributed by atoms with van der Waals surface area (Å²) in [6, 6.07) is 1.81. The SMILES string of the molecule is CC1(CNC(=O)c2sccc2C#CCO)CC1. The van der Waals surface area contributed by atoms with Gasteiger partial charge >= 0.3 is 0 Å². The summed E-state index contributed by atoms with van der Waals surface area (Å²) in [5, 5.41) is 13.4. The predicted molar refractivity (Wildman–Crippen MR) is 68.0 cm³/mol. The largest absolute Gasteiger partial charge is 0.384 e. The van der Waals surface area contributed by atoms with Crippen LogP contribution in [0.25, 0.3) is 0 Å². The molecule has 0 unspecified atom stereocenters. The van der Waals surface area contributed by atoms with Crippen molar-refractivity contribution in [3.05, 3.63) is 21.9 Å². The van der Waals surface area contributed by atoms with Gasteiger partial charge in [-0.15, -0.1) is 11.3 Å². The molecule has 1 aliphatic carbocycles. The molecule has 1 aliphatic rings. The van der Waals surface area contributed by atoms with Crippen LogP contribution in [0.4, 0.5) is 0 Å². The Morgan fingerprint density at radius 1 is 1.65 bits per heavy atom. The fraction of sp³-hybridized carbons (Fsp3) is 0.462. The molecule has 1 aromatic heterocycles. The van der Waals surface area contributed by atoms with Gasteiger partial charge in [-0.2, -0.15) is 0 Å². The molecular weight excluding hydrogens is 234 g/mol. The lowest BCUT2D eigenvalue weighted by molar-refractivity contribution is 0.0950. The molecule has 0 aliphatic heterocycles. The Labute approximate surface area is 105 Å². The number of rotatable bonds is 3. The Morgan fingerprint density at radius 3 is 3.06 bits per heavy atom. The zero-order chi connectivity index (χ0) is 12.3. The van der Waals surface area contributed by atoms with Gasteiger partial charge in [0.05, 0.1) is 0 Å². The summed E-state index contributed by atoms with van der Waals surface area (Å²) in [7, 11) is 0. The number of nitrogens with one attached hydrogen (secondary N) is 1. The second kappa shape index (κ2) is 4.91. The van der Waals surface area contributed by atoms with Crippen molar-refractivity contribution in [2.75, 3.05) is 13.2 Å². The number of aliphatic hydroxyl groups is 1. The van der Waals surface area contributed by atoms with Gasteiger partial charge in [-0.25, -0.2) is 0 Å². The fourth-order valence-corrected chi connectivity index (χ4v) is 2.25. The first-order chi connectivity index (χ1) is 8.14. The van der Waals surface area contributed by atoms with Crippen LogP contribution in [0.1, 0.15) is 35.0 Å². The molecule has 0 aromatic carbocycles. The highest BCUT2D eigenvalue weighted by Gasteiger charge is 2.37. The van der Waals surface area contributed by atoms with Crippen LogP contribution in [-0.2, 0) is 0 Å². The third kappa shape index (κ3) is 3.09. The average molecular weight is 249 g/mol. The molecule has 1 fully saturated rings. The summed E-state index contributed by atoms with van der Waals surface area (Å²) in [4.78, 5) is 12.6. The zero-order valence-electron chi connectivity index (χ0n) is 9.75. The van der Waals surface area contributed by atoms with Crippen molar-refractivity contribution in [2.45, 2.75) is 19.8 Å². The van der Waals surface area contributed by atoms with Gasteiger partial charge in [-0.1, -0.05) is 18.8 Å². The topological polar surface area (TPSA) is 49.3 Å². The Morgan fingerprint density at radius 2 is 2.41 bits per heavy atom. The Balaban J connectivity index is 2.00. The van der Waals surface area contributed by atoms with Crippen molar-refractivity contribution in [2.24, 2.45) is 5.41 Å². The van der Waals surface area contributed by atoms with E-state index in [1.807, 2.05) is 5.38 Å². The summed E-state index contributed by atoms with van der Waals surface area (Å²) >= 11 is 1.38. The van der Waals surface area contributed by atoms with Crippen LogP contribution in [0, 0.1) is 17.3 Å². The second-order valence-corrected chi connectivity index (χ2v) is 5.53. The summed E-state index contributed by atoms with van der Waals surface area (Å²) in [5.74, 6) is 5.29. The molecule has 3 nitrogen and oxygen atoms in total. The predicted octanol–water partition coefficient (Wildman–Crippen LogP) is 1.62. The van der Waals surface area contributed by atoms with Crippen LogP contribution < -0.4 is 5.32 Å². The van der Waals surface area contributed by atoms with Crippen molar-refractivity contribution >= 4 is 17.2 Å². The molecule has 1 saturated carbocycles. The van der Waals surface area contributed by atoms with Crippen molar-refractivity contribution < 1.29 is 9.90 Å². The van der Waals surface area contributed by atoms with Crippen LogP contribution in [-0.4, -0.2) is 24.2 Å². The molecular formula is C13H15NO2S. The number of amides is 1. The molecule has 0 bridgehead atoms. The van der Waals surface area contributed by atoms with Crippen LogP contribution in [0.15, 0.2) is 11.4 Å². The normalized spacial score (nSPS) is 15.9. The van der Waals surface area contributed by atoms with Gasteiger partial charge in [0.2, 0.25) is 0 Å². The van der Waals surface area contributed by atoms with Crippen molar-refractivity contribution in [3.8, 4) is 11.8 Å². The quantitative estimate of drug-likeness (QED) is 0.800. The van der Waals surface area contributed by atoms with Crippen LogP contribution >= 0.6 is 11.3 Å². The number of hydrogen-bond acceptors (Lipinski definition) is 3. The van der Waals surface area contributed by atoms with E-state index in [1.54, 1.807) is 6.07 Å². The Bertz CT molecular complexity index is 477. The molecule has 17 heavy (non-hydrogen) atoms. The molecule has 4 heteroatoms. The van der Waals surface area contributed by atoms with Crippen molar-refractivity contribution in [1.29, 1.82) is 0 Å². The first-order valence-corrected chi connectivity index (χ1v) is 6.48. The van der Waals surface area contributed by atoms with Gasteiger partial charge in [0.25, 0.3) is 5.91 Å². The molecule has 1 heterocycles. The van der Waals surface area contributed by atoms with E-state index in [4.69, 9.17) is 5.11 Å². The van der Waals surface area contributed by atoms with E-state index in [9.17, 15) is 4.79 Å².